The van der Waals surface area contributed by atoms with Crippen molar-refractivity contribution in [1.82, 2.24) is 4.90 Å². The fourth-order valence-corrected chi connectivity index (χ4v) is 2.83. The number of nitriles is 1. The van der Waals surface area contributed by atoms with Gasteiger partial charge in [-0.1, -0.05) is 6.92 Å². The second-order valence-electron chi connectivity index (χ2n) is 6.20. The van der Waals surface area contributed by atoms with Crippen LogP contribution in [0.1, 0.15) is 46.5 Å². The van der Waals surface area contributed by atoms with Crippen molar-refractivity contribution < 1.29 is 4.79 Å². The topological polar surface area (TPSA) is 44.1 Å². The van der Waals surface area contributed by atoms with E-state index in [2.05, 4.69) is 13.0 Å². The lowest BCUT2D eigenvalue weighted by molar-refractivity contribution is -0.147. The molecule has 0 aliphatic heterocycles. The number of carbonyl (C=O) groups excluding carboxylic acids is 1. The van der Waals surface area contributed by atoms with E-state index in [1.807, 2.05) is 18.7 Å². The smallest absolute Gasteiger partial charge is 0.243 e. The van der Waals surface area contributed by atoms with Gasteiger partial charge in [-0.05, 0) is 51.4 Å². The SMILES string of the molecule is CC1CC(C#N)(C(=O)N(CC2CC2)C(C)C)C1. The number of nitrogens with zero attached hydrogens (tertiary/aromatic N) is 2. The molecule has 0 atom stereocenters. The summed E-state index contributed by atoms with van der Waals surface area (Å²) in [6, 6.07) is 2.50. The van der Waals surface area contributed by atoms with Crippen LogP contribution in [-0.2, 0) is 4.79 Å². The highest BCUT2D eigenvalue weighted by Gasteiger charge is 2.51. The van der Waals surface area contributed by atoms with Crippen LogP contribution >= 0.6 is 0 Å². The Morgan fingerprint density at radius 2 is 2.06 bits per heavy atom. The van der Waals surface area contributed by atoms with Gasteiger partial charge in [0.25, 0.3) is 0 Å². The monoisotopic (exact) mass is 234 g/mol. The van der Waals surface area contributed by atoms with Crippen LogP contribution in [0.25, 0.3) is 0 Å². The average Bonchev–Trinajstić information content (AvgIpc) is 3.03. The van der Waals surface area contributed by atoms with Crippen LogP contribution in [0.4, 0.5) is 0 Å². The third-order valence-electron chi connectivity index (χ3n) is 4.05. The Morgan fingerprint density at radius 1 is 1.47 bits per heavy atom. The van der Waals surface area contributed by atoms with Gasteiger partial charge in [0.15, 0.2) is 0 Å². The van der Waals surface area contributed by atoms with E-state index in [9.17, 15) is 10.1 Å². The first-order chi connectivity index (χ1) is 7.98. The van der Waals surface area contributed by atoms with Gasteiger partial charge in [0.1, 0.15) is 5.41 Å². The average molecular weight is 234 g/mol. The highest BCUT2D eigenvalue weighted by molar-refractivity contribution is 5.86. The summed E-state index contributed by atoms with van der Waals surface area (Å²) in [6.07, 6.45) is 3.98. The molecule has 17 heavy (non-hydrogen) atoms. The van der Waals surface area contributed by atoms with Gasteiger partial charge in [0, 0.05) is 12.6 Å². The van der Waals surface area contributed by atoms with Crippen LogP contribution in [0, 0.1) is 28.6 Å². The summed E-state index contributed by atoms with van der Waals surface area (Å²) in [6.45, 7) is 7.07. The molecule has 2 saturated carbocycles. The molecule has 0 radical (unpaired) electrons. The first kappa shape index (κ1) is 12.4. The predicted molar refractivity (Wildman–Crippen MR) is 66.0 cm³/mol. The molecule has 94 valence electrons. The maximum Gasteiger partial charge on any atom is 0.243 e. The number of amides is 1. The van der Waals surface area contributed by atoms with Gasteiger partial charge in [0.2, 0.25) is 5.91 Å². The Bertz CT molecular complexity index is 346. The maximum absolute atomic E-state index is 12.5. The van der Waals surface area contributed by atoms with Crippen LogP contribution in [0.3, 0.4) is 0 Å². The normalized spacial score (nSPS) is 31.8. The second-order valence-corrected chi connectivity index (χ2v) is 6.20. The molecule has 0 saturated heterocycles. The molecular weight excluding hydrogens is 212 g/mol. The number of rotatable bonds is 4. The zero-order chi connectivity index (χ0) is 12.6. The minimum Gasteiger partial charge on any atom is -0.339 e. The van der Waals surface area contributed by atoms with Gasteiger partial charge in [-0.2, -0.15) is 5.26 Å². The summed E-state index contributed by atoms with van der Waals surface area (Å²) in [5.74, 6) is 1.29. The molecule has 0 aromatic carbocycles. The molecule has 2 aliphatic rings. The van der Waals surface area contributed by atoms with Gasteiger partial charge in [0.05, 0.1) is 6.07 Å². The van der Waals surface area contributed by atoms with Crippen molar-refractivity contribution >= 4 is 5.91 Å². The van der Waals surface area contributed by atoms with E-state index in [0.29, 0.717) is 11.8 Å². The lowest BCUT2D eigenvalue weighted by atomic mass is 9.62. The molecule has 0 bridgehead atoms. The molecule has 3 heteroatoms. The van der Waals surface area contributed by atoms with E-state index in [1.54, 1.807) is 0 Å². The van der Waals surface area contributed by atoms with E-state index >= 15 is 0 Å². The van der Waals surface area contributed by atoms with Crippen LogP contribution in [0.15, 0.2) is 0 Å². The second kappa shape index (κ2) is 4.33. The molecule has 2 rings (SSSR count). The highest BCUT2D eigenvalue weighted by atomic mass is 16.2. The van der Waals surface area contributed by atoms with Crippen molar-refractivity contribution in [2.45, 2.75) is 52.5 Å². The number of carbonyl (C=O) groups is 1. The standard InChI is InChI=1S/C14H22N2O/c1-10(2)16(8-12-4-5-12)13(17)14(9-15)6-11(3)7-14/h10-12H,4-8H2,1-3H3. The zero-order valence-electron chi connectivity index (χ0n) is 11.1. The van der Waals surface area contributed by atoms with Crippen molar-refractivity contribution in [1.29, 1.82) is 5.26 Å². The van der Waals surface area contributed by atoms with E-state index in [4.69, 9.17) is 0 Å². The molecule has 1 amide bonds. The number of hydrogen-bond acceptors (Lipinski definition) is 2. The maximum atomic E-state index is 12.5. The minimum absolute atomic E-state index is 0.0833. The van der Waals surface area contributed by atoms with Gasteiger partial charge in [-0.15, -0.1) is 0 Å². The Balaban J connectivity index is 2.07. The third-order valence-corrected chi connectivity index (χ3v) is 4.05. The van der Waals surface area contributed by atoms with Gasteiger partial charge >= 0.3 is 0 Å². The molecule has 0 N–H and O–H groups in total. The highest BCUT2D eigenvalue weighted by Crippen LogP contribution is 2.47. The Kier molecular flexibility index (Phi) is 3.16. The Morgan fingerprint density at radius 3 is 2.41 bits per heavy atom. The van der Waals surface area contributed by atoms with Crippen molar-refractivity contribution in [3.63, 3.8) is 0 Å². The van der Waals surface area contributed by atoms with Gasteiger partial charge in [-0.25, -0.2) is 0 Å². The largest absolute Gasteiger partial charge is 0.339 e. The summed E-state index contributed by atoms with van der Waals surface area (Å²) in [7, 11) is 0. The Labute approximate surface area is 104 Å². The fraction of sp³-hybridized carbons (Fsp3) is 0.857. The Hall–Kier alpha value is -1.04. The quantitative estimate of drug-likeness (QED) is 0.750. The lowest BCUT2D eigenvalue weighted by Gasteiger charge is -2.43. The van der Waals surface area contributed by atoms with Crippen LogP contribution < -0.4 is 0 Å². The van der Waals surface area contributed by atoms with Crippen LogP contribution in [0.5, 0.6) is 0 Å². The molecule has 2 fully saturated rings. The van der Waals surface area contributed by atoms with Crippen LogP contribution in [-0.4, -0.2) is 23.4 Å². The summed E-state index contributed by atoms with van der Waals surface area (Å²) in [5.41, 5.74) is -0.696. The summed E-state index contributed by atoms with van der Waals surface area (Å²) in [5, 5.41) is 9.31. The van der Waals surface area contributed by atoms with Gasteiger partial charge < -0.3 is 4.90 Å². The molecule has 3 nitrogen and oxygen atoms in total. The molecule has 0 aromatic rings. The first-order valence-electron chi connectivity index (χ1n) is 6.71. The molecule has 0 spiro atoms. The molecule has 2 aliphatic carbocycles. The van der Waals surface area contributed by atoms with E-state index in [0.717, 1.165) is 19.4 Å². The molecule has 0 unspecified atom stereocenters. The van der Waals surface area contributed by atoms with Crippen molar-refractivity contribution in [3.8, 4) is 6.07 Å². The first-order valence-corrected chi connectivity index (χ1v) is 6.71. The summed E-state index contributed by atoms with van der Waals surface area (Å²) in [4.78, 5) is 14.5. The minimum atomic E-state index is -0.696. The van der Waals surface area contributed by atoms with Crippen molar-refractivity contribution in [2.75, 3.05) is 6.54 Å². The van der Waals surface area contributed by atoms with Crippen molar-refractivity contribution in [3.05, 3.63) is 0 Å². The van der Waals surface area contributed by atoms with Crippen molar-refractivity contribution in [2.24, 2.45) is 17.3 Å². The van der Waals surface area contributed by atoms with Gasteiger partial charge in [-0.3, -0.25) is 4.79 Å². The summed E-state index contributed by atoms with van der Waals surface area (Å²) >= 11 is 0. The molecule has 0 heterocycles. The van der Waals surface area contributed by atoms with E-state index in [-0.39, 0.29) is 11.9 Å². The molecule has 0 aromatic heterocycles. The van der Waals surface area contributed by atoms with Crippen LogP contribution in [0.2, 0.25) is 0 Å². The van der Waals surface area contributed by atoms with E-state index in [1.165, 1.54) is 12.8 Å². The fourth-order valence-electron chi connectivity index (χ4n) is 2.83. The van der Waals surface area contributed by atoms with E-state index < -0.39 is 5.41 Å². The zero-order valence-corrected chi connectivity index (χ0v) is 11.1. The molecular formula is C14H22N2O. The lowest BCUT2D eigenvalue weighted by Crippen LogP contribution is -2.52. The third kappa shape index (κ3) is 2.31. The predicted octanol–water partition coefficient (Wildman–Crippen LogP) is 2.57. The summed E-state index contributed by atoms with van der Waals surface area (Å²) < 4.78 is 0. The number of hydrogen-bond donors (Lipinski definition) is 0.